The monoisotopic (exact) mass is 264 g/mol. The Balaban J connectivity index is 2.54. The first kappa shape index (κ1) is 13.7. The molecule has 1 atom stereocenters. The van der Waals surface area contributed by atoms with E-state index in [4.69, 9.17) is 14.2 Å². The Kier molecular flexibility index (Phi) is 4.30. The number of rotatable bonds is 4. The first-order valence-electron chi connectivity index (χ1n) is 6.54. The van der Waals surface area contributed by atoms with Crippen LogP contribution in [0.2, 0.25) is 0 Å². The average Bonchev–Trinajstić information content (AvgIpc) is 2.46. The molecule has 104 valence electrons. The number of methoxy groups -OCH3 is 3. The lowest BCUT2D eigenvalue weighted by Crippen LogP contribution is -2.18. The number of benzene rings is 1. The van der Waals surface area contributed by atoms with Gasteiger partial charge in [-0.25, -0.2) is 0 Å². The van der Waals surface area contributed by atoms with Crippen molar-refractivity contribution in [1.29, 1.82) is 0 Å². The zero-order valence-electron chi connectivity index (χ0n) is 11.7. The third-order valence-corrected chi connectivity index (χ3v) is 3.67. The van der Waals surface area contributed by atoms with Gasteiger partial charge in [-0.15, -0.1) is 0 Å². The van der Waals surface area contributed by atoms with E-state index in [2.05, 4.69) is 0 Å². The van der Waals surface area contributed by atoms with Crippen LogP contribution in [0.3, 0.4) is 0 Å². The summed E-state index contributed by atoms with van der Waals surface area (Å²) in [5.41, 5.74) is 0.828. The Morgan fingerprint density at radius 3 is 2.26 bits per heavy atom. The number of Topliss-reactive ketones (excluding diaryl/α,β-unsaturated/α-hetero) is 1. The van der Waals surface area contributed by atoms with Crippen LogP contribution in [0.4, 0.5) is 0 Å². The summed E-state index contributed by atoms with van der Waals surface area (Å²) >= 11 is 0. The molecule has 2 rings (SSSR count). The molecular formula is C15H20O4. The van der Waals surface area contributed by atoms with Crippen molar-refractivity contribution in [3.8, 4) is 17.2 Å². The van der Waals surface area contributed by atoms with Gasteiger partial charge in [0.1, 0.15) is 11.5 Å². The third kappa shape index (κ3) is 2.53. The summed E-state index contributed by atoms with van der Waals surface area (Å²) in [5.74, 6) is 2.06. The maximum atomic E-state index is 12.2. The van der Waals surface area contributed by atoms with Crippen LogP contribution < -0.4 is 14.2 Å². The fraction of sp³-hybridized carbons (Fsp3) is 0.533. The summed E-state index contributed by atoms with van der Waals surface area (Å²) in [5, 5.41) is 0. The molecule has 1 aliphatic rings. The van der Waals surface area contributed by atoms with E-state index >= 15 is 0 Å². The van der Waals surface area contributed by atoms with Crippen LogP contribution in [0.15, 0.2) is 12.1 Å². The molecule has 19 heavy (non-hydrogen) atoms. The molecule has 1 unspecified atom stereocenters. The Morgan fingerprint density at radius 2 is 1.68 bits per heavy atom. The Labute approximate surface area is 113 Å². The molecule has 1 saturated carbocycles. The van der Waals surface area contributed by atoms with Gasteiger partial charge >= 0.3 is 0 Å². The highest BCUT2D eigenvalue weighted by Gasteiger charge is 2.31. The van der Waals surface area contributed by atoms with Crippen LogP contribution in [-0.4, -0.2) is 27.1 Å². The molecule has 0 saturated heterocycles. The summed E-state index contributed by atoms with van der Waals surface area (Å²) in [6, 6.07) is 3.63. The molecule has 0 bridgehead atoms. The molecule has 1 fully saturated rings. The minimum atomic E-state index is -0.145. The lowest BCUT2D eigenvalue weighted by Gasteiger charge is -2.25. The van der Waals surface area contributed by atoms with Gasteiger partial charge < -0.3 is 14.2 Å². The molecule has 0 spiro atoms. The highest BCUT2D eigenvalue weighted by atomic mass is 16.5. The van der Waals surface area contributed by atoms with E-state index in [1.807, 2.05) is 6.07 Å². The molecule has 0 N–H and O–H groups in total. The lowest BCUT2D eigenvalue weighted by atomic mass is 9.82. The van der Waals surface area contributed by atoms with Gasteiger partial charge in [-0.05, 0) is 25.0 Å². The summed E-state index contributed by atoms with van der Waals surface area (Å²) in [6.45, 7) is 0. The van der Waals surface area contributed by atoms with Crippen LogP contribution in [0, 0.1) is 0 Å². The Hall–Kier alpha value is -1.71. The second-order valence-electron chi connectivity index (χ2n) is 4.68. The van der Waals surface area contributed by atoms with Gasteiger partial charge in [-0.2, -0.15) is 0 Å². The smallest absolute Gasteiger partial charge is 0.168 e. The molecule has 0 aromatic heterocycles. The molecule has 0 heterocycles. The predicted molar refractivity (Wildman–Crippen MR) is 72.3 cm³/mol. The summed E-state index contributed by atoms with van der Waals surface area (Å²) < 4.78 is 16.2. The number of hydrogen-bond acceptors (Lipinski definition) is 4. The molecule has 1 aliphatic carbocycles. The highest BCUT2D eigenvalue weighted by Crippen LogP contribution is 2.45. The fourth-order valence-corrected chi connectivity index (χ4v) is 2.73. The number of ketones is 1. The second kappa shape index (κ2) is 5.95. The maximum Gasteiger partial charge on any atom is 0.168 e. The van der Waals surface area contributed by atoms with Gasteiger partial charge in [-0.1, -0.05) is 6.42 Å². The van der Waals surface area contributed by atoms with Crippen LogP contribution in [0.25, 0.3) is 0 Å². The lowest BCUT2D eigenvalue weighted by molar-refractivity contribution is -0.121. The molecule has 4 nitrogen and oxygen atoms in total. The number of carbonyl (C=O) groups excluding carboxylic acids is 1. The number of carbonyl (C=O) groups is 1. The summed E-state index contributed by atoms with van der Waals surface area (Å²) in [6.07, 6.45) is 3.51. The van der Waals surface area contributed by atoms with E-state index in [0.29, 0.717) is 23.7 Å². The molecule has 1 aromatic rings. The minimum Gasteiger partial charge on any atom is -0.496 e. The standard InChI is InChI=1S/C15H20O4/c1-17-12-8-9-13(18-2)15(19-3)14(12)10-6-4-5-7-11(10)16/h8-10H,4-7H2,1-3H3. The first-order chi connectivity index (χ1) is 9.22. The topological polar surface area (TPSA) is 44.8 Å². The van der Waals surface area contributed by atoms with Crippen molar-refractivity contribution in [2.75, 3.05) is 21.3 Å². The number of ether oxygens (including phenoxy) is 3. The quantitative estimate of drug-likeness (QED) is 0.838. The van der Waals surface area contributed by atoms with Gasteiger partial charge in [0.2, 0.25) is 0 Å². The SMILES string of the molecule is COc1ccc(OC)c(C2CCCCC2=O)c1OC. The second-order valence-corrected chi connectivity index (χ2v) is 4.68. The van der Waals surface area contributed by atoms with Crippen molar-refractivity contribution in [3.63, 3.8) is 0 Å². The summed E-state index contributed by atoms with van der Waals surface area (Å²) in [4.78, 5) is 12.2. The zero-order chi connectivity index (χ0) is 13.8. The van der Waals surface area contributed by atoms with Crippen LogP contribution >= 0.6 is 0 Å². The maximum absolute atomic E-state index is 12.2. The van der Waals surface area contributed by atoms with Gasteiger partial charge in [0, 0.05) is 6.42 Å². The van der Waals surface area contributed by atoms with Gasteiger partial charge in [0.05, 0.1) is 32.8 Å². The largest absolute Gasteiger partial charge is 0.496 e. The normalized spacial score (nSPS) is 19.1. The van der Waals surface area contributed by atoms with Gasteiger partial charge in [0.25, 0.3) is 0 Å². The molecule has 0 radical (unpaired) electrons. The molecular weight excluding hydrogens is 244 g/mol. The molecule has 1 aromatic carbocycles. The van der Waals surface area contributed by atoms with Gasteiger partial charge in [0.15, 0.2) is 11.5 Å². The van der Waals surface area contributed by atoms with E-state index in [0.717, 1.165) is 24.8 Å². The minimum absolute atomic E-state index is 0.145. The predicted octanol–water partition coefficient (Wildman–Crippen LogP) is 2.94. The van der Waals surface area contributed by atoms with E-state index in [1.54, 1.807) is 27.4 Å². The van der Waals surface area contributed by atoms with Crippen LogP contribution in [0.1, 0.15) is 37.2 Å². The van der Waals surface area contributed by atoms with E-state index < -0.39 is 0 Å². The first-order valence-corrected chi connectivity index (χ1v) is 6.54. The molecule has 0 aliphatic heterocycles. The van der Waals surface area contributed by atoms with Gasteiger partial charge in [-0.3, -0.25) is 4.79 Å². The van der Waals surface area contributed by atoms with Crippen LogP contribution in [0.5, 0.6) is 17.2 Å². The van der Waals surface area contributed by atoms with Crippen LogP contribution in [-0.2, 0) is 4.79 Å². The van der Waals surface area contributed by atoms with E-state index in [-0.39, 0.29) is 11.7 Å². The third-order valence-electron chi connectivity index (χ3n) is 3.67. The van der Waals surface area contributed by atoms with Crippen molar-refractivity contribution in [3.05, 3.63) is 17.7 Å². The Bertz CT molecular complexity index is 467. The highest BCUT2D eigenvalue weighted by molar-refractivity contribution is 5.88. The average molecular weight is 264 g/mol. The van der Waals surface area contributed by atoms with Crippen molar-refractivity contribution >= 4 is 5.78 Å². The molecule has 0 amide bonds. The molecule has 4 heteroatoms. The van der Waals surface area contributed by atoms with Crippen molar-refractivity contribution in [1.82, 2.24) is 0 Å². The Morgan fingerprint density at radius 1 is 1.00 bits per heavy atom. The van der Waals surface area contributed by atoms with E-state index in [1.165, 1.54) is 0 Å². The zero-order valence-corrected chi connectivity index (χ0v) is 11.7. The van der Waals surface area contributed by atoms with Crippen molar-refractivity contribution < 1.29 is 19.0 Å². The van der Waals surface area contributed by atoms with Crippen molar-refractivity contribution in [2.45, 2.75) is 31.6 Å². The van der Waals surface area contributed by atoms with E-state index in [9.17, 15) is 4.79 Å². The fourth-order valence-electron chi connectivity index (χ4n) is 2.73. The number of hydrogen-bond donors (Lipinski definition) is 0. The van der Waals surface area contributed by atoms with Crippen molar-refractivity contribution in [2.24, 2.45) is 0 Å². The summed E-state index contributed by atoms with van der Waals surface area (Å²) in [7, 11) is 4.79.